The number of halogens is 4. The minimum atomic E-state index is -5.08. The molecule has 154 valence electrons. The molecule has 0 radical (unpaired) electrons. The average Bonchev–Trinajstić information content (AvgIpc) is 2.90. The predicted molar refractivity (Wildman–Crippen MR) is 87.8 cm³/mol. The lowest BCUT2D eigenvalue weighted by atomic mass is 9.86. The lowest BCUT2D eigenvalue weighted by Gasteiger charge is -2.44. The normalized spacial score (nSPS) is 22.1. The zero-order chi connectivity index (χ0) is 21.1. The summed E-state index contributed by atoms with van der Waals surface area (Å²) in [5.74, 6) is -3.55. The molecule has 11 heteroatoms. The van der Waals surface area contributed by atoms with Crippen molar-refractivity contribution in [3.05, 3.63) is 29.8 Å². The number of pyridine rings is 1. The van der Waals surface area contributed by atoms with E-state index in [-0.39, 0.29) is 22.9 Å². The van der Waals surface area contributed by atoms with E-state index in [1.807, 2.05) is 0 Å². The van der Waals surface area contributed by atoms with Crippen LogP contribution in [0.3, 0.4) is 0 Å². The van der Waals surface area contributed by atoms with E-state index in [2.05, 4.69) is 4.98 Å². The highest BCUT2D eigenvalue weighted by molar-refractivity contribution is 5.94. The molecule has 2 aliphatic rings. The van der Waals surface area contributed by atoms with E-state index in [1.54, 1.807) is 16.8 Å². The SMILES string of the molecule is CN1C(=O)CCC12CCCN(C(=O)c1ccncc1F)C2.O=C(O)C(F)(F)F. The van der Waals surface area contributed by atoms with Crippen molar-refractivity contribution in [1.82, 2.24) is 14.8 Å². The van der Waals surface area contributed by atoms with Gasteiger partial charge in [0.05, 0.1) is 17.3 Å². The highest BCUT2D eigenvalue weighted by Gasteiger charge is 2.46. The first-order chi connectivity index (χ1) is 13.0. The smallest absolute Gasteiger partial charge is 0.475 e. The van der Waals surface area contributed by atoms with Crippen molar-refractivity contribution in [3.63, 3.8) is 0 Å². The van der Waals surface area contributed by atoms with Crippen LogP contribution >= 0.6 is 0 Å². The van der Waals surface area contributed by atoms with Crippen LogP contribution in [-0.4, -0.2) is 69.5 Å². The summed E-state index contributed by atoms with van der Waals surface area (Å²) in [7, 11) is 1.80. The van der Waals surface area contributed by atoms with Crippen LogP contribution in [0.4, 0.5) is 17.6 Å². The number of hydrogen-bond donors (Lipinski definition) is 1. The summed E-state index contributed by atoms with van der Waals surface area (Å²) in [4.78, 5) is 40.3. The summed E-state index contributed by atoms with van der Waals surface area (Å²) in [6, 6.07) is 1.41. The van der Waals surface area contributed by atoms with Gasteiger partial charge >= 0.3 is 12.1 Å². The maximum atomic E-state index is 13.7. The van der Waals surface area contributed by atoms with Crippen LogP contribution in [0.2, 0.25) is 0 Å². The number of aromatic nitrogens is 1. The number of likely N-dealkylation sites (tertiary alicyclic amines) is 2. The molecule has 0 aromatic carbocycles. The van der Waals surface area contributed by atoms with E-state index < -0.39 is 18.0 Å². The highest BCUT2D eigenvalue weighted by atomic mass is 19.4. The van der Waals surface area contributed by atoms with Gasteiger partial charge in [-0.3, -0.25) is 14.6 Å². The summed E-state index contributed by atoms with van der Waals surface area (Å²) in [5, 5.41) is 7.12. The van der Waals surface area contributed by atoms with Gasteiger partial charge < -0.3 is 14.9 Å². The van der Waals surface area contributed by atoms with E-state index >= 15 is 0 Å². The van der Waals surface area contributed by atoms with Crippen molar-refractivity contribution in [2.75, 3.05) is 20.1 Å². The monoisotopic (exact) mass is 405 g/mol. The Balaban J connectivity index is 0.000000345. The maximum Gasteiger partial charge on any atom is 0.490 e. The number of carbonyl (C=O) groups excluding carboxylic acids is 2. The summed E-state index contributed by atoms with van der Waals surface area (Å²) < 4.78 is 45.5. The molecule has 2 amide bonds. The molecule has 2 saturated heterocycles. The minimum Gasteiger partial charge on any atom is -0.475 e. The second-order valence-electron chi connectivity index (χ2n) is 6.67. The molecule has 1 unspecified atom stereocenters. The molecule has 1 N–H and O–H groups in total. The van der Waals surface area contributed by atoms with Gasteiger partial charge in [0.25, 0.3) is 5.91 Å². The molecule has 1 atom stereocenters. The molecule has 2 aliphatic heterocycles. The number of amides is 2. The van der Waals surface area contributed by atoms with Gasteiger partial charge in [0, 0.05) is 32.8 Å². The number of nitrogens with zero attached hydrogens (tertiary/aromatic N) is 3. The van der Waals surface area contributed by atoms with Gasteiger partial charge in [0.1, 0.15) is 0 Å². The van der Waals surface area contributed by atoms with E-state index in [0.29, 0.717) is 19.5 Å². The fourth-order valence-electron chi connectivity index (χ4n) is 3.42. The highest BCUT2D eigenvalue weighted by Crippen LogP contribution is 2.37. The van der Waals surface area contributed by atoms with Crippen LogP contribution in [-0.2, 0) is 9.59 Å². The van der Waals surface area contributed by atoms with Gasteiger partial charge in [-0.25, -0.2) is 9.18 Å². The molecule has 1 aromatic rings. The van der Waals surface area contributed by atoms with Crippen molar-refractivity contribution >= 4 is 17.8 Å². The second-order valence-corrected chi connectivity index (χ2v) is 6.67. The van der Waals surface area contributed by atoms with Gasteiger partial charge in [-0.2, -0.15) is 13.2 Å². The Bertz CT molecular complexity index is 771. The van der Waals surface area contributed by atoms with Crippen molar-refractivity contribution in [2.45, 2.75) is 37.4 Å². The van der Waals surface area contributed by atoms with Crippen LogP contribution in [0.5, 0.6) is 0 Å². The van der Waals surface area contributed by atoms with Crippen LogP contribution < -0.4 is 0 Å². The van der Waals surface area contributed by atoms with Crippen LogP contribution in [0, 0.1) is 5.82 Å². The Morgan fingerprint density at radius 1 is 1.29 bits per heavy atom. The molecule has 1 aromatic heterocycles. The van der Waals surface area contributed by atoms with E-state index in [1.165, 1.54) is 12.3 Å². The van der Waals surface area contributed by atoms with E-state index in [9.17, 15) is 27.2 Å². The lowest BCUT2D eigenvalue weighted by molar-refractivity contribution is -0.192. The molecular weight excluding hydrogens is 386 g/mol. The number of carboxylic acids is 1. The number of carbonyl (C=O) groups is 3. The summed E-state index contributed by atoms with van der Waals surface area (Å²) in [6.45, 7) is 1.08. The van der Waals surface area contributed by atoms with Crippen LogP contribution in [0.1, 0.15) is 36.0 Å². The van der Waals surface area contributed by atoms with E-state index in [4.69, 9.17) is 9.90 Å². The topological polar surface area (TPSA) is 90.8 Å². The number of alkyl halides is 3. The molecule has 1 spiro atoms. The Morgan fingerprint density at radius 2 is 1.93 bits per heavy atom. The third-order valence-electron chi connectivity index (χ3n) is 4.98. The number of aliphatic carboxylic acids is 1. The summed E-state index contributed by atoms with van der Waals surface area (Å²) in [5.41, 5.74) is -0.219. The third-order valence-corrected chi connectivity index (χ3v) is 4.98. The predicted octanol–water partition coefficient (Wildman–Crippen LogP) is 2.08. The first-order valence-corrected chi connectivity index (χ1v) is 8.43. The molecule has 2 fully saturated rings. The quantitative estimate of drug-likeness (QED) is 0.723. The van der Waals surface area contributed by atoms with Gasteiger partial charge in [-0.15, -0.1) is 0 Å². The van der Waals surface area contributed by atoms with Crippen LogP contribution in [0.25, 0.3) is 0 Å². The molecule has 0 bridgehead atoms. The van der Waals surface area contributed by atoms with Gasteiger partial charge in [0.2, 0.25) is 5.91 Å². The number of piperidine rings is 1. The standard InChI is InChI=1S/C15H18FN3O2.C2HF3O2/c1-18-13(20)3-6-15(18)5-2-8-19(10-15)14(21)11-4-7-17-9-12(11)16;3-2(4,5)1(6)7/h4,7,9H,2-3,5-6,8,10H2,1H3;(H,6,7). The van der Waals surface area contributed by atoms with Gasteiger partial charge in [0.15, 0.2) is 5.82 Å². The third kappa shape index (κ3) is 4.57. The number of rotatable bonds is 1. The van der Waals surface area contributed by atoms with Gasteiger partial charge in [-0.1, -0.05) is 0 Å². The Kier molecular flexibility index (Phi) is 6.25. The fourth-order valence-corrected chi connectivity index (χ4v) is 3.42. The molecular formula is C17H19F4N3O4. The Labute approximate surface area is 157 Å². The van der Waals surface area contributed by atoms with Gasteiger partial charge in [-0.05, 0) is 25.3 Å². The molecule has 7 nitrogen and oxygen atoms in total. The zero-order valence-electron chi connectivity index (χ0n) is 15.0. The van der Waals surface area contributed by atoms with Crippen LogP contribution in [0.15, 0.2) is 18.5 Å². The molecule has 0 aliphatic carbocycles. The molecule has 28 heavy (non-hydrogen) atoms. The molecule has 3 heterocycles. The number of carboxylic acid groups (broad SMARTS) is 1. The molecule has 3 rings (SSSR count). The summed E-state index contributed by atoms with van der Waals surface area (Å²) >= 11 is 0. The Hall–Kier alpha value is -2.72. The molecule has 0 saturated carbocycles. The maximum absolute atomic E-state index is 13.7. The van der Waals surface area contributed by atoms with Crippen molar-refractivity contribution in [2.24, 2.45) is 0 Å². The average molecular weight is 405 g/mol. The number of likely N-dealkylation sites (N-methyl/N-ethyl adjacent to an activating group) is 1. The van der Waals surface area contributed by atoms with E-state index in [0.717, 1.165) is 25.5 Å². The Morgan fingerprint density at radius 3 is 2.43 bits per heavy atom. The van der Waals surface area contributed by atoms with Crippen molar-refractivity contribution < 1.29 is 37.1 Å². The first kappa shape index (κ1) is 21.6. The summed E-state index contributed by atoms with van der Waals surface area (Å²) in [6.07, 6.45) is 0.417. The lowest BCUT2D eigenvalue weighted by Crippen LogP contribution is -2.56. The fraction of sp³-hybridized carbons (Fsp3) is 0.529. The number of hydrogen-bond acceptors (Lipinski definition) is 4. The van der Waals surface area contributed by atoms with Crippen molar-refractivity contribution in [1.29, 1.82) is 0 Å². The van der Waals surface area contributed by atoms with Crippen molar-refractivity contribution in [3.8, 4) is 0 Å². The second kappa shape index (κ2) is 8.11. The zero-order valence-corrected chi connectivity index (χ0v) is 15.0. The largest absolute Gasteiger partial charge is 0.490 e. The first-order valence-electron chi connectivity index (χ1n) is 8.43. The minimum absolute atomic E-state index is 0.0500.